The summed E-state index contributed by atoms with van der Waals surface area (Å²) >= 11 is 0. The fourth-order valence-corrected chi connectivity index (χ4v) is 6.01. The molecule has 1 atom stereocenters. The highest BCUT2D eigenvalue weighted by Gasteiger charge is 2.16. The summed E-state index contributed by atoms with van der Waals surface area (Å²) in [5.41, 5.74) is 0. The fraction of sp³-hybridized carbons (Fsp3) is 0.860. The number of esters is 2. The number of unbranched alkanes of at least 4 members (excludes halogenated alkanes) is 26. The molecule has 0 bridgehead atoms. The largest absolute Gasteiger partial charge is 0.462 e. The van der Waals surface area contributed by atoms with Crippen molar-refractivity contribution in [2.75, 3.05) is 13.2 Å². The highest BCUT2D eigenvalue weighted by atomic mass is 16.6. The number of ether oxygens (including phenoxy) is 2. The summed E-state index contributed by atoms with van der Waals surface area (Å²) in [4.78, 5) is 24.3. The second kappa shape index (κ2) is 39.8. The van der Waals surface area contributed by atoms with Crippen LogP contribution in [0.2, 0.25) is 0 Å². The van der Waals surface area contributed by atoms with E-state index in [1.165, 1.54) is 154 Å². The summed E-state index contributed by atoms with van der Waals surface area (Å²) in [6, 6.07) is 0. The van der Waals surface area contributed by atoms with Crippen molar-refractivity contribution in [1.29, 1.82) is 0 Å². The van der Waals surface area contributed by atoms with Crippen LogP contribution in [-0.4, -0.2) is 36.4 Å². The molecule has 0 fully saturated rings. The number of hydrogen-bond acceptors (Lipinski definition) is 5. The number of rotatable bonds is 38. The normalized spacial score (nSPS) is 12.3. The molecule has 0 spiro atoms. The molecule has 0 unspecified atom stereocenters. The van der Waals surface area contributed by atoms with E-state index in [1.807, 2.05) is 0 Å². The van der Waals surface area contributed by atoms with Crippen LogP contribution in [0, 0.1) is 0 Å². The van der Waals surface area contributed by atoms with Crippen molar-refractivity contribution < 1.29 is 24.2 Å². The Bertz CT molecular complexity index is 731. The van der Waals surface area contributed by atoms with Gasteiger partial charge in [-0.15, -0.1) is 0 Å². The van der Waals surface area contributed by atoms with Gasteiger partial charge in [-0.05, 0) is 64.2 Å². The zero-order valence-electron chi connectivity index (χ0n) is 32.0. The van der Waals surface area contributed by atoms with Gasteiger partial charge >= 0.3 is 11.9 Å². The van der Waals surface area contributed by atoms with E-state index in [9.17, 15) is 14.7 Å². The third-order valence-corrected chi connectivity index (χ3v) is 9.22. The first kappa shape index (κ1) is 46.4. The molecule has 0 aliphatic heterocycles. The smallest absolute Gasteiger partial charge is 0.306 e. The van der Waals surface area contributed by atoms with Crippen LogP contribution in [0.15, 0.2) is 24.3 Å². The fourth-order valence-electron chi connectivity index (χ4n) is 6.01. The standard InChI is InChI=1S/C43H80O5/c1-3-5-7-9-11-13-15-17-19-20-21-22-24-25-27-29-31-33-35-37-42(45)47-40-41(39-44)48-43(46)38-36-34-32-30-28-26-23-18-16-14-12-10-8-6-4-2/h14,16-17,19,41,44H,3-13,15,18,20-40H2,1-2H3/t41-/m0/s1. The third-order valence-electron chi connectivity index (χ3n) is 9.22. The maximum Gasteiger partial charge on any atom is 0.306 e. The number of allylic oxidation sites excluding steroid dienone is 4. The molecule has 282 valence electrons. The molecule has 0 rings (SSSR count). The van der Waals surface area contributed by atoms with Gasteiger partial charge in [-0.3, -0.25) is 9.59 Å². The zero-order chi connectivity index (χ0) is 35.0. The molecule has 0 amide bonds. The minimum atomic E-state index is -0.770. The van der Waals surface area contributed by atoms with Crippen LogP contribution in [0.1, 0.15) is 219 Å². The van der Waals surface area contributed by atoms with Crippen LogP contribution < -0.4 is 0 Å². The molecule has 0 aromatic carbocycles. The third kappa shape index (κ3) is 37.2. The minimum Gasteiger partial charge on any atom is -0.462 e. The van der Waals surface area contributed by atoms with Gasteiger partial charge in [0, 0.05) is 12.8 Å². The molecule has 0 aromatic heterocycles. The van der Waals surface area contributed by atoms with E-state index in [0.717, 1.165) is 38.5 Å². The Hall–Kier alpha value is -1.62. The molecule has 1 N–H and O–H groups in total. The van der Waals surface area contributed by atoms with Gasteiger partial charge in [0.05, 0.1) is 6.61 Å². The molecule has 0 aliphatic rings. The molecular formula is C43H80O5. The van der Waals surface area contributed by atoms with Crippen LogP contribution in [0.3, 0.4) is 0 Å². The average Bonchev–Trinajstić information content (AvgIpc) is 3.09. The van der Waals surface area contributed by atoms with Crippen LogP contribution in [-0.2, 0) is 19.1 Å². The monoisotopic (exact) mass is 677 g/mol. The highest BCUT2D eigenvalue weighted by molar-refractivity contribution is 5.70. The average molecular weight is 677 g/mol. The predicted molar refractivity (Wildman–Crippen MR) is 205 cm³/mol. The first-order valence-electron chi connectivity index (χ1n) is 20.9. The molecule has 0 aliphatic carbocycles. The number of hydrogen-bond donors (Lipinski definition) is 1. The second-order valence-electron chi connectivity index (χ2n) is 14.1. The summed E-state index contributed by atoms with van der Waals surface area (Å²) in [5.74, 6) is -0.592. The van der Waals surface area contributed by atoms with Crippen molar-refractivity contribution in [3.05, 3.63) is 24.3 Å². The predicted octanol–water partition coefficient (Wildman–Crippen LogP) is 13.1. The lowest BCUT2D eigenvalue weighted by Crippen LogP contribution is -2.28. The van der Waals surface area contributed by atoms with Crippen LogP contribution in [0.5, 0.6) is 0 Å². The topological polar surface area (TPSA) is 72.8 Å². The van der Waals surface area contributed by atoms with Crippen molar-refractivity contribution in [2.45, 2.75) is 225 Å². The lowest BCUT2D eigenvalue weighted by atomic mass is 10.1. The van der Waals surface area contributed by atoms with Gasteiger partial charge in [-0.2, -0.15) is 0 Å². The van der Waals surface area contributed by atoms with E-state index >= 15 is 0 Å². The van der Waals surface area contributed by atoms with Crippen LogP contribution >= 0.6 is 0 Å². The number of carbonyl (C=O) groups excluding carboxylic acids is 2. The second-order valence-corrected chi connectivity index (χ2v) is 14.1. The Labute approximate surface area is 298 Å². The van der Waals surface area contributed by atoms with Gasteiger partial charge in [0.25, 0.3) is 0 Å². The van der Waals surface area contributed by atoms with Gasteiger partial charge < -0.3 is 14.6 Å². The lowest BCUT2D eigenvalue weighted by Gasteiger charge is -2.15. The van der Waals surface area contributed by atoms with E-state index in [1.54, 1.807) is 0 Å². The first-order chi connectivity index (χ1) is 23.6. The van der Waals surface area contributed by atoms with Crippen molar-refractivity contribution in [3.8, 4) is 0 Å². The van der Waals surface area contributed by atoms with Crippen molar-refractivity contribution in [2.24, 2.45) is 0 Å². The first-order valence-corrected chi connectivity index (χ1v) is 20.9. The summed E-state index contributed by atoms with van der Waals surface area (Å²) in [7, 11) is 0. The zero-order valence-corrected chi connectivity index (χ0v) is 32.0. The van der Waals surface area contributed by atoms with Gasteiger partial charge in [-0.1, -0.05) is 167 Å². The summed E-state index contributed by atoms with van der Waals surface area (Å²) in [6.07, 6.45) is 46.7. The maximum atomic E-state index is 12.2. The Kier molecular flexibility index (Phi) is 38.5. The van der Waals surface area contributed by atoms with E-state index < -0.39 is 6.10 Å². The quantitative estimate of drug-likeness (QED) is 0.0400. The maximum absolute atomic E-state index is 12.2. The van der Waals surface area contributed by atoms with Gasteiger partial charge in [0.15, 0.2) is 6.10 Å². The van der Waals surface area contributed by atoms with Gasteiger partial charge in [-0.25, -0.2) is 0 Å². The van der Waals surface area contributed by atoms with E-state index in [0.29, 0.717) is 12.8 Å². The Balaban J connectivity index is 3.52. The van der Waals surface area contributed by atoms with Crippen molar-refractivity contribution in [3.63, 3.8) is 0 Å². The Morgan fingerprint density at radius 3 is 1.15 bits per heavy atom. The van der Waals surface area contributed by atoms with Crippen molar-refractivity contribution >= 4 is 11.9 Å². The number of aliphatic hydroxyl groups is 1. The molecule has 48 heavy (non-hydrogen) atoms. The summed E-state index contributed by atoms with van der Waals surface area (Å²) in [6.45, 7) is 4.13. The van der Waals surface area contributed by atoms with Crippen molar-refractivity contribution in [1.82, 2.24) is 0 Å². The molecule has 5 nitrogen and oxygen atoms in total. The van der Waals surface area contributed by atoms with Gasteiger partial charge in [0.1, 0.15) is 6.61 Å². The molecule has 0 radical (unpaired) electrons. The van der Waals surface area contributed by atoms with E-state index in [4.69, 9.17) is 9.47 Å². The van der Waals surface area contributed by atoms with E-state index in [-0.39, 0.29) is 25.2 Å². The molecule has 5 heteroatoms. The Morgan fingerprint density at radius 2 is 0.771 bits per heavy atom. The highest BCUT2D eigenvalue weighted by Crippen LogP contribution is 2.14. The summed E-state index contributed by atoms with van der Waals surface area (Å²) < 4.78 is 10.6. The molecular weight excluding hydrogens is 596 g/mol. The van der Waals surface area contributed by atoms with Crippen LogP contribution in [0.25, 0.3) is 0 Å². The molecule has 0 saturated heterocycles. The SMILES string of the molecule is CCCCCCC=CCCCCCCCCCC(=O)O[C@@H](CO)COC(=O)CCCCCCCCCCCC=CCCCCCCCC. The summed E-state index contributed by atoms with van der Waals surface area (Å²) in [5, 5.41) is 9.56. The number of carbonyl (C=O) groups is 2. The molecule has 0 saturated carbocycles. The molecule has 0 aromatic rings. The minimum absolute atomic E-state index is 0.0654. The van der Waals surface area contributed by atoms with Crippen LogP contribution in [0.4, 0.5) is 0 Å². The lowest BCUT2D eigenvalue weighted by molar-refractivity contribution is -0.161. The van der Waals surface area contributed by atoms with E-state index in [2.05, 4.69) is 38.2 Å². The molecule has 0 heterocycles. The van der Waals surface area contributed by atoms with Gasteiger partial charge in [0.2, 0.25) is 0 Å². The Morgan fingerprint density at radius 1 is 0.458 bits per heavy atom. The number of aliphatic hydroxyl groups excluding tert-OH is 1.